The number of pyridine rings is 1. The van der Waals surface area contributed by atoms with Crippen molar-refractivity contribution in [3.8, 4) is 0 Å². The van der Waals surface area contributed by atoms with Crippen LogP contribution in [0, 0.1) is 5.92 Å². The smallest absolute Gasteiger partial charge is 0.339 e. The van der Waals surface area contributed by atoms with E-state index in [1.807, 2.05) is 6.07 Å². The highest BCUT2D eigenvalue weighted by molar-refractivity contribution is 5.88. The first kappa shape index (κ1) is 13.0. The summed E-state index contributed by atoms with van der Waals surface area (Å²) < 4.78 is 4.63. The van der Waals surface area contributed by atoms with Crippen molar-refractivity contribution in [2.75, 3.05) is 26.7 Å². The highest BCUT2D eigenvalue weighted by Gasteiger charge is 2.21. The van der Waals surface area contributed by atoms with Crippen molar-refractivity contribution in [1.29, 1.82) is 0 Å². The van der Waals surface area contributed by atoms with Gasteiger partial charge in [-0.2, -0.15) is 0 Å². The number of methoxy groups -OCH3 is 1. The Morgan fingerprint density at radius 2 is 2.44 bits per heavy atom. The van der Waals surface area contributed by atoms with E-state index in [0.29, 0.717) is 11.5 Å². The van der Waals surface area contributed by atoms with E-state index in [2.05, 4.69) is 14.6 Å². The zero-order valence-electron chi connectivity index (χ0n) is 10.6. The number of hydrogen-bond donors (Lipinski definition) is 1. The molecule has 18 heavy (non-hydrogen) atoms. The monoisotopic (exact) mass is 249 g/mol. The number of carbonyl (C=O) groups is 1. The lowest BCUT2D eigenvalue weighted by molar-refractivity contribution is 0.0600. The summed E-state index contributed by atoms with van der Waals surface area (Å²) in [4.78, 5) is 17.9. The predicted molar refractivity (Wildman–Crippen MR) is 68.0 cm³/mol. The molecule has 98 valence electrons. The average molecular weight is 249 g/mol. The third-order valence-electron chi connectivity index (χ3n) is 3.33. The lowest BCUT2D eigenvalue weighted by Crippen LogP contribution is -2.23. The van der Waals surface area contributed by atoms with Crippen molar-refractivity contribution in [2.24, 2.45) is 11.7 Å². The minimum absolute atomic E-state index is 0.349. The summed E-state index contributed by atoms with van der Waals surface area (Å²) in [7, 11) is 1.37. The number of likely N-dealkylation sites (tertiary alicyclic amines) is 1. The number of ether oxygens (including phenoxy) is 1. The summed E-state index contributed by atoms with van der Waals surface area (Å²) in [6, 6.07) is 3.63. The number of hydrogen-bond acceptors (Lipinski definition) is 5. The number of esters is 1. The van der Waals surface area contributed by atoms with Crippen molar-refractivity contribution in [3.63, 3.8) is 0 Å². The molecule has 2 rings (SSSR count). The van der Waals surface area contributed by atoms with Crippen LogP contribution in [-0.2, 0) is 11.3 Å². The van der Waals surface area contributed by atoms with Crippen LogP contribution in [0.1, 0.15) is 22.5 Å². The standard InChI is InChI=1S/C13H19N3O2/c1-18-13(17)11-2-3-12(15-7-11)9-16-5-4-10(6-14)8-16/h2-3,7,10H,4-6,8-9,14H2,1H3. The van der Waals surface area contributed by atoms with Crippen LogP contribution in [0.15, 0.2) is 18.3 Å². The third kappa shape index (κ3) is 3.05. The fourth-order valence-corrected chi connectivity index (χ4v) is 2.23. The van der Waals surface area contributed by atoms with Crippen LogP contribution in [-0.4, -0.2) is 42.6 Å². The molecule has 0 bridgehead atoms. The van der Waals surface area contributed by atoms with Gasteiger partial charge in [0.05, 0.1) is 18.4 Å². The van der Waals surface area contributed by atoms with Crippen molar-refractivity contribution in [3.05, 3.63) is 29.6 Å². The molecule has 0 amide bonds. The SMILES string of the molecule is COC(=O)c1ccc(CN2CCC(CN)C2)nc1. The van der Waals surface area contributed by atoms with Crippen molar-refractivity contribution >= 4 is 5.97 Å². The van der Waals surface area contributed by atoms with Gasteiger partial charge < -0.3 is 10.5 Å². The Morgan fingerprint density at radius 3 is 3.00 bits per heavy atom. The van der Waals surface area contributed by atoms with E-state index in [4.69, 9.17) is 5.73 Å². The predicted octanol–water partition coefficient (Wildman–Crippen LogP) is 0.649. The van der Waals surface area contributed by atoms with E-state index in [1.54, 1.807) is 12.3 Å². The summed E-state index contributed by atoms with van der Waals surface area (Å²) in [5.74, 6) is 0.262. The maximum Gasteiger partial charge on any atom is 0.339 e. The quantitative estimate of drug-likeness (QED) is 0.793. The number of carbonyl (C=O) groups excluding carboxylic acids is 1. The van der Waals surface area contributed by atoms with Gasteiger partial charge in [0.25, 0.3) is 0 Å². The Labute approximate surface area is 107 Å². The lowest BCUT2D eigenvalue weighted by atomic mass is 10.1. The third-order valence-corrected chi connectivity index (χ3v) is 3.33. The normalized spacial score (nSPS) is 20.0. The van der Waals surface area contributed by atoms with E-state index < -0.39 is 0 Å². The molecule has 1 atom stereocenters. The summed E-state index contributed by atoms with van der Waals surface area (Å²) >= 11 is 0. The zero-order valence-corrected chi connectivity index (χ0v) is 10.6. The van der Waals surface area contributed by atoms with Gasteiger partial charge in [0.1, 0.15) is 0 Å². The van der Waals surface area contributed by atoms with Crippen LogP contribution >= 0.6 is 0 Å². The summed E-state index contributed by atoms with van der Waals surface area (Å²) in [6.45, 7) is 3.68. The molecule has 1 unspecified atom stereocenters. The zero-order chi connectivity index (χ0) is 13.0. The van der Waals surface area contributed by atoms with Gasteiger partial charge in [0.2, 0.25) is 0 Å². The van der Waals surface area contributed by atoms with E-state index in [0.717, 1.165) is 38.3 Å². The van der Waals surface area contributed by atoms with E-state index in [1.165, 1.54) is 7.11 Å². The Morgan fingerprint density at radius 1 is 1.61 bits per heavy atom. The van der Waals surface area contributed by atoms with Gasteiger partial charge in [-0.15, -0.1) is 0 Å². The largest absolute Gasteiger partial charge is 0.465 e. The molecule has 5 nitrogen and oxygen atoms in total. The molecule has 1 aliphatic heterocycles. The maximum atomic E-state index is 11.3. The molecular weight excluding hydrogens is 230 g/mol. The first-order valence-electron chi connectivity index (χ1n) is 6.18. The molecule has 1 aliphatic rings. The van der Waals surface area contributed by atoms with E-state index in [-0.39, 0.29) is 5.97 Å². The molecule has 0 saturated carbocycles. The molecule has 2 N–H and O–H groups in total. The van der Waals surface area contributed by atoms with Crippen LogP contribution in [0.4, 0.5) is 0 Å². The Kier molecular flexibility index (Phi) is 4.28. The summed E-state index contributed by atoms with van der Waals surface area (Å²) in [6.07, 6.45) is 2.73. The van der Waals surface area contributed by atoms with Gasteiger partial charge >= 0.3 is 5.97 Å². The second kappa shape index (κ2) is 5.93. The second-order valence-electron chi connectivity index (χ2n) is 4.66. The molecule has 5 heteroatoms. The highest BCUT2D eigenvalue weighted by Crippen LogP contribution is 2.17. The van der Waals surface area contributed by atoms with Crippen LogP contribution in [0.3, 0.4) is 0 Å². The molecule has 2 heterocycles. The number of nitrogens with zero attached hydrogens (tertiary/aromatic N) is 2. The average Bonchev–Trinajstić information content (AvgIpc) is 2.86. The number of rotatable bonds is 4. The van der Waals surface area contributed by atoms with Crippen molar-refractivity contribution < 1.29 is 9.53 Å². The molecule has 1 aromatic heterocycles. The maximum absolute atomic E-state index is 11.3. The minimum atomic E-state index is -0.349. The minimum Gasteiger partial charge on any atom is -0.465 e. The Bertz CT molecular complexity index is 405. The van der Waals surface area contributed by atoms with Crippen LogP contribution in [0.25, 0.3) is 0 Å². The summed E-state index contributed by atoms with van der Waals surface area (Å²) in [5, 5.41) is 0. The van der Waals surface area contributed by atoms with Gasteiger partial charge in [-0.1, -0.05) is 0 Å². The van der Waals surface area contributed by atoms with Crippen molar-refractivity contribution in [2.45, 2.75) is 13.0 Å². The number of aromatic nitrogens is 1. The van der Waals surface area contributed by atoms with Crippen LogP contribution in [0.2, 0.25) is 0 Å². The van der Waals surface area contributed by atoms with E-state index in [9.17, 15) is 4.79 Å². The first-order chi connectivity index (χ1) is 8.72. The van der Waals surface area contributed by atoms with Gasteiger partial charge in [-0.25, -0.2) is 4.79 Å². The molecule has 1 fully saturated rings. The lowest BCUT2D eigenvalue weighted by Gasteiger charge is -2.15. The second-order valence-corrected chi connectivity index (χ2v) is 4.66. The van der Waals surface area contributed by atoms with Crippen molar-refractivity contribution in [1.82, 2.24) is 9.88 Å². The fraction of sp³-hybridized carbons (Fsp3) is 0.538. The Hall–Kier alpha value is -1.46. The summed E-state index contributed by atoms with van der Waals surface area (Å²) in [5.41, 5.74) is 7.13. The van der Waals surface area contributed by atoms with Gasteiger partial charge in [0, 0.05) is 19.3 Å². The Balaban J connectivity index is 1.92. The van der Waals surface area contributed by atoms with Gasteiger partial charge in [0.15, 0.2) is 0 Å². The number of nitrogens with two attached hydrogens (primary N) is 1. The molecule has 1 aromatic rings. The molecule has 1 saturated heterocycles. The van der Waals surface area contributed by atoms with E-state index >= 15 is 0 Å². The molecule has 0 spiro atoms. The first-order valence-corrected chi connectivity index (χ1v) is 6.18. The van der Waals surface area contributed by atoms with Crippen LogP contribution in [0.5, 0.6) is 0 Å². The molecular formula is C13H19N3O2. The highest BCUT2D eigenvalue weighted by atomic mass is 16.5. The molecule has 0 aromatic carbocycles. The van der Waals surface area contributed by atoms with Gasteiger partial charge in [-0.3, -0.25) is 9.88 Å². The fourth-order valence-electron chi connectivity index (χ4n) is 2.23. The molecule has 0 aliphatic carbocycles. The topological polar surface area (TPSA) is 68.5 Å². The molecule has 0 radical (unpaired) electrons. The van der Waals surface area contributed by atoms with Crippen LogP contribution < -0.4 is 5.73 Å². The van der Waals surface area contributed by atoms with Gasteiger partial charge in [-0.05, 0) is 37.6 Å².